The number of hydrogen-bond acceptors (Lipinski definition) is 2. The predicted octanol–water partition coefficient (Wildman–Crippen LogP) is 0.859. The van der Waals surface area contributed by atoms with Crippen molar-refractivity contribution in [2.45, 2.75) is 20.0 Å². The summed E-state index contributed by atoms with van der Waals surface area (Å²) in [5.41, 5.74) is 0.972. The summed E-state index contributed by atoms with van der Waals surface area (Å²) in [6.07, 6.45) is 1.88. The molecule has 1 aliphatic carbocycles. The van der Waals surface area contributed by atoms with Gasteiger partial charge in [-0.25, -0.2) is 4.39 Å². The van der Waals surface area contributed by atoms with E-state index in [0.29, 0.717) is 0 Å². The van der Waals surface area contributed by atoms with Crippen molar-refractivity contribution in [1.82, 2.24) is 0 Å². The van der Waals surface area contributed by atoms with Crippen molar-refractivity contribution in [3.8, 4) is 0 Å². The zero-order valence-corrected chi connectivity index (χ0v) is 7.16. The average Bonchev–Trinajstić information content (AvgIpc) is 2.00. The van der Waals surface area contributed by atoms with Crippen molar-refractivity contribution < 1.29 is 14.4 Å². The maximum atomic E-state index is 13.3. The van der Waals surface area contributed by atoms with Crippen LogP contribution in [0.15, 0.2) is 23.2 Å². The molecule has 0 bridgehead atoms. The summed E-state index contributed by atoms with van der Waals surface area (Å²) in [5.74, 6) is -0.258. The molecule has 1 rings (SSSR count). The molecule has 2 atom stereocenters. The highest BCUT2D eigenvalue weighted by molar-refractivity contribution is 6.51. The second kappa shape index (κ2) is 3.41. The van der Waals surface area contributed by atoms with Gasteiger partial charge >= 0.3 is 7.12 Å². The normalized spacial score (nSPS) is 29.4. The Morgan fingerprint density at radius 2 is 2.00 bits per heavy atom. The van der Waals surface area contributed by atoms with Gasteiger partial charge in [-0.05, 0) is 12.4 Å². The molecule has 0 saturated heterocycles. The predicted molar refractivity (Wildman–Crippen MR) is 46.1 cm³/mol. The van der Waals surface area contributed by atoms with Crippen LogP contribution in [0, 0.1) is 5.92 Å². The summed E-state index contributed by atoms with van der Waals surface area (Å²) < 4.78 is 13.3. The van der Waals surface area contributed by atoms with Crippen LogP contribution in [-0.4, -0.2) is 23.3 Å². The van der Waals surface area contributed by atoms with Crippen LogP contribution in [0.2, 0.25) is 0 Å². The minimum Gasteiger partial charge on any atom is -0.423 e. The van der Waals surface area contributed by atoms with Gasteiger partial charge in [0.2, 0.25) is 0 Å². The zero-order valence-electron chi connectivity index (χ0n) is 7.16. The molecule has 1 aliphatic rings. The van der Waals surface area contributed by atoms with Gasteiger partial charge in [0.05, 0.1) is 0 Å². The van der Waals surface area contributed by atoms with Gasteiger partial charge in [-0.15, -0.1) is 0 Å². The van der Waals surface area contributed by atoms with Crippen LogP contribution in [0.1, 0.15) is 13.8 Å². The molecule has 0 aromatic carbocycles. The Kier molecular flexibility index (Phi) is 2.70. The highest BCUT2D eigenvalue weighted by atomic mass is 19.1. The molecule has 0 aromatic heterocycles. The number of hydrogen-bond donors (Lipinski definition) is 2. The van der Waals surface area contributed by atoms with Crippen molar-refractivity contribution in [2.24, 2.45) is 5.92 Å². The van der Waals surface area contributed by atoms with Crippen LogP contribution in [0.3, 0.4) is 0 Å². The molecule has 4 heteroatoms. The topological polar surface area (TPSA) is 40.5 Å². The van der Waals surface area contributed by atoms with E-state index in [-0.39, 0.29) is 11.4 Å². The van der Waals surface area contributed by atoms with Crippen LogP contribution < -0.4 is 0 Å². The van der Waals surface area contributed by atoms with Crippen molar-refractivity contribution >= 4 is 7.12 Å². The lowest BCUT2D eigenvalue weighted by atomic mass is 9.70. The third-order valence-corrected chi connectivity index (χ3v) is 2.31. The first-order chi connectivity index (χ1) is 5.54. The van der Waals surface area contributed by atoms with Gasteiger partial charge in [0.25, 0.3) is 0 Å². The third-order valence-electron chi connectivity index (χ3n) is 2.31. The molecule has 0 fully saturated rings. The molecule has 2 unspecified atom stereocenters. The molecule has 66 valence electrons. The molecule has 0 amide bonds. The molecular weight excluding hydrogens is 158 g/mol. The third kappa shape index (κ3) is 1.59. The highest BCUT2D eigenvalue weighted by Crippen LogP contribution is 2.27. The van der Waals surface area contributed by atoms with E-state index in [1.165, 1.54) is 6.08 Å². The fraction of sp³-hybridized carbons (Fsp3) is 0.500. The Labute approximate surface area is 71.6 Å². The molecule has 2 N–H and O–H groups in total. The van der Waals surface area contributed by atoms with Crippen LogP contribution in [-0.2, 0) is 0 Å². The van der Waals surface area contributed by atoms with Crippen LogP contribution in [0.5, 0.6) is 0 Å². The maximum Gasteiger partial charge on any atom is 0.487 e. The number of rotatable bonds is 1. The summed E-state index contributed by atoms with van der Waals surface area (Å²) in [6.45, 7) is 3.56. The fourth-order valence-corrected chi connectivity index (χ4v) is 1.22. The monoisotopic (exact) mass is 170 g/mol. The van der Waals surface area contributed by atoms with Crippen molar-refractivity contribution in [3.05, 3.63) is 23.2 Å². The SMILES string of the molecule is CC1=CC=C(B(O)O)C(F)C1C. The Balaban J connectivity index is 2.90. The van der Waals surface area contributed by atoms with Gasteiger partial charge in [0.1, 0.15) is 6.17 Å². The molecule has 12 heavy (non-hydrogen) atoms. The molecule has 0 aliphatic heterocycles. The van der Waals surface area contributed by atoms with Gasteiger partial charge in [0, 0.05) is 5.92 Å². The number of allylic oxidation sites excluding steroid dienone is 4. The average molecular weight is 170 g/mol. The fourth-order valence-electron chi connectivity index (χ4n) is 1.22. The van der Waals surface area contributed by atoms with Crippen molar-refractivity contribution in [2.75, 3.05) is 0 Å². The van der Waals surface area contributed by atoms with Crippen molar-refractivity contribution in [1.29, 1.82) is 0 Å². The minimum absolute atomic E-state index is 0.0492. The Morgan fingerprint density at radius 1 is 1.42 bits per heavy atom. The van der Waals surface area contributed by atoms with E-state index in [1.807, 2.05) is 6.92 Å². The summed E-state index contributed by atoms with van der Waals surface area (Å²) in [4.78, 5) is 0. The second-order valence-electron chi connectivity index (χ2n) is 3.14. The van der Waals surface area contributed by atoms with Gasteiger partial charge < -0.3 is 10.0 Å². The quantitative estimate of drug-likeness (QED) is 0.573. The van der Waals surface area contributed by atoms with Gasteiger partial charge in [0.15, 0.2) is 0 Å². The number of alkyl halides is 1. The summed E-state index contributed by atoms with van der Waals surface area (Å²) in [7, 11) is -1.67. The zero-order chi connectivity index (χ0) is 9.30. The molecule has 0 aromatic rings. The smallest absolute Gasteiger partial charge is 0.423 e. The van der Waals surface area contributed by atoms with Crippen molar-refractivity contribution in [3.63, 3.8) is 0 Å². The minimum atomic E-state index is -1.67. The van der Waals surface area contributed by atoms with E-state index in [4.69, 9.17) is 10.0 Å². The lowest BCUT2D eigenvalue weighted by Crippen LogP contribution is -2.30. The maximum absolute atomic E-state index is 13.3. The van der Waals surface area contributed by atoms with Gasteiger partial charge in [-0.1, -0.05) is 24.6 Å². The van der Waals surface area contributed by atoms with Gasteiger partial charge in [-0.3, -0.25) is 0 Å². The Bertz CT molecular complexity index is 235. The standard InChI is InChI=1S/C8H12BFO2/c1-5-3-4-7(9(11)12)8(10)6(5)2/h3-4,6,8,11-12H,1-2H3. The highest BCUT2D eigenvalue weighted by Gasteiger charge is 2.31. The molecule has 0 spiro atoms. The lowest BCUT2D eigenvalue weighted by molar-refractivity contribution is 0.300. The van der Waals surface area contributed by atoms with Crippen LogP contribution in [0.4, 0.5) is 4.39 Å². The molecular formula is C8H12BFO2. The molecule has 2 nitrogen and oxygen atoms in total. The summed E-state index contributed by atoms with van der Waals surface area (Å²) in [5, 5.41) is 17.5. The first-order valence-corrected chi connectivity index (χ1v) is 3.92. The first-order valence-electron chi connectivity index (χ1n) is 3.92. The van der Waals surface area contributed by atoms with E-state index in [2.05, 4.69) is 0 Å². The van der Waals surface area contributed by atoms with Gasteiger partial charge in [-0.2, -0.15) is 0 Å². The number of halogens is 1. The molecule has 0 radical (unpaired) electrons. The lowest BCUT2D eigenvalue weighted by Gasteiger charge is -2.23. The van der Waals surface area contributed by atoms with E-state index in [1.54, 1.807) is 13.0 Å². The summed E-state index contributed by atoms with van der Waals surface area (Å²) in [6, 6.07) is 0. The van der Waals surface area contributed by atoms with E-state index in [9.17, 15) is 4.39 Å². The van der Waals surface area contributed by atoms with Crippen LogP contribution >= 0.6 is 0 Å². The first kappa shape index (κ1) is 9.48. The Morgan fingerprint density at radius 3 is 2.50 bits per heavy atom. The van der Waals surface area contributed by atoms with E-state index >= 15 is 0 Å². The Hall–Kier alpha value is -0.605. The molecule has 0 heterocycles. The van der Waals surface area contributed by atoms with Crippen LogP contribution in [0.25, 0.3) is 0 Å². The molecule has 0 saturated carbocycles. The van der Waals surface area contributed by atoms with E-state index < -0.39 is 13.3 Å². The summed E-state index contributed by atoms with van der Waals surface area (Å²) >= 11 is 0. The second-order valence-corrected chi connectivity index (χ2v) is 3.14. The largest absolute Gasteiger partial charge is 0.487 e. The van der Waals surface area contributed by atoms with E-state index in [0.717, 1.165) is 5.57 Å².